The molecular weight excluding hydrogens is 300 g/mol. The number of nitrogens with zero attached hydrogens (tertiary/aromatic N) is 1. The number of likely N-dealkylation sites (tertiary alicyclic amines) is 1. The second kappa shape index (κ2) is 8.08. The fourth-order valence-corrected chi connectivity index (χ4v) is 3.32. The molecule has 2 aromatic carbocycles. The summed E-state index contributed by atoms with van der Waals surface area (Å²) in [5, 5.41) is 12.7. The lowest BCUT2D eigenvalue weighted by Crippen LogP contribution is -2.42. The van der Waals surface area contributed by atoms with E-state index in [-0.39, 0.29) is 24.5 Å². The fourth-order valence-electron chi connectivity index (χ4n) is 3.32. The van der Waals surface area contributed by atoms with E-state index >= 15 is 0 Å². The van der Waals surface area contributed by atoms with Crippen LogP contribution in [0.1, 0.15) is 11.1 Å². The predicted molar refractivity (Wildman–Crippen MR) is 94.4 cm³/mol. The summed E-state index contributed by atoms with van der Waals surface area (Å²) in [7, 11) is 0. The molecule has 1 aliphatic rings. The van der Waals surface area contributed by atoms with E-state index < -0.39 is 0 Å². The van der Waals surface area contributed by atoms with Crippen LogP contribution < -0.4 is 5.32 Å². The highest BCUT2D eigenvalue weighted by atomic mass is 16.3. The number of aliphatic hydroxyl groups is 1. The molecule has 1 saturated heterocycles. The second-order valence-corrected chi connectivity index (χ2v) is 6.46. The zero-order valence-electron chi connectivity index (χ0n) is 13.8. The lowest BCUT2D eigenvalue weighted by molar-refractivity contribution is -0.121. The Balaban J connectivity index is 1.55. The van der Waals surface area contributed by atoms with Gasteiger partial charge in [0.05, 0.1) is 6.42 Å². The number of carbonyl (C=O) groups is 1. The fraction of sp³-hybridized carbons (Fsp3) is 0.350. The van der Waals surface area contributed by atoms with Gasteiger partial charge in [-0.25, -0.2) is 0 Å². The molecule has 0 aliphatic carbocycles. The van der Waals surface area contributed by atoms with Gasteiger partial charge in [-0.15, -0.1) is 0 Å². The number of nitrogens with one attached hydrogen (secondary N) is 1. The molecule has 126 valence electrons. The normalized spacial score (nSPS) is 20.9. The first-order chi connectivity index (χ1) is 11.7. The van der Waals surface area contributed by atoms with E-state index in [1.165, 1.54) is 5.56 Å². The van der Waals surface area contributed by atoms with Crippen LogP contribution in [-0.2, 0) is 17.8 Å². The summed E-state index contributed by atoms with van der Waals surface area (Å²) in [5.74, 6) is 0.111. The molecule has 0 unspecified atom stereocenters. The molecule has 0 bridgehead atoms. The Morgan fingerprint density at radius 2 is 1.62 bits per heavy atom. The minimum atomic E-state index is 0.00919. The van der Waals surface area contributed by atoms with Crippen molar-refractivity contribution in [1.82, 2.24) is 10.2 Å². The third kappa shape index (κ3) is 4.43. The smallest absolute Gasteiger partial charge is 0.224 e. The molecule has 0 radical (unpaired) electrons. The van der Waals surface area contributed by atoms with Crippen molar-refractivity contribution < 1.29 is 9.90 Å². The van der Waals surface area contributed by atoms with Crippen molar-refractivity contribution in [3.05, 3.63) is 71.8 Å². The Morgan fingerprint density at radius 3 is 2.25 bits per heavy atom. The third-order valence-corrected chi connectivity index (χ3v) is 4.55. The Labute approximate surface area is 143 Å². The number of amides is 1. The quantitative estimate of drug-likeness (QED) is 0.852. The van der Waals surface area contributed by atoms with Crippen molar-refractivity contribution in [2.24, 2.45) is 5.92 Å². The van der Waals surface area contributed by atoms with Crippen LogP contribution in [0, 0.1) is 5.92 Å². The number of carbonyl (C=O) groups excluding carboxylic acids is 1. The number of rotatable bonds is 6. The first-order valence-corrected chi connectivity index (χ1v) is 8.45. The van der Waals surface area contributed by atoms with E-state index in [1.54, 1.807) is 0 Å². The van der Waals surface area contributed by atoms with Gasteiger partial charge in [-0.3, -0.25) is 9.69 Å². The zero-order chi connectivity index (χ0) is 16.8. The minimum absolute atomic E-state index is 0.00919. The monoisotopic (exact) mass is 324 g/mol. The topological polar surface area (TPSA) is 52.6 Å². The summed E-state index contributed by atoms with van der Waals surface area (Å²) in [5.41, 5.74) is 2.26. The summed E-state index contributed by atoms with van der Waals surface area (Å²) in [6, 6.07) is 20.0. The Morgan fingerprint density at radius 1 is 1.00 bits per heavy atom. The second-order valence-electron chi connectivity index (χ2n) is 6.46. The third-order valence-electron chi connectivity index (χ3n) is 4.55. The Bertz CT molecular complexity index is 645. The summed E-state index contributed by atoms with van der Waals surface area (Å²) in [6.45, 7) is 2.53. The molecule has 0 saturated carbocycles. The molecule has 0 aromatic heterocycles. The van der Waals surface area contributed by atoms with E-state index in [0.29, 0.717) is 6.42 Å². The molecule has 1 amide bonds. The number of hydrogen-bond acceptors (Lipinski definition) is 3. The van der Waals surface area contributed by atoms with Gasteiger partial charge < -0.3 is 10.4 Å². The maximum atomic E-state index is 12.3. The number of aliphatic hydroxyl groups excluding tert-OH is 1. The van der Waals surface area contributed by atoms with Gasteiger partial charge in [0.1, 0.15) is 0 Å². The van der Waals surface area contributed by atoms with E-state index in [4.69, 9.17) is 0 Å². The van der Waals surface area contributed by atoms with Crippen LogP contribution in [0.15, 0.2) is 60.7 Å². The number of hydrogen-bond donors (Lipinski definition) is 2. The molecule has 2 N–H and O–H groups in total. The highest BCUT2D eigenvalue weighted by molar-refractivity contribution is 5.78. The van der Waals surface area contributed by atoms with Crippen molar-refractivity contribution in [2.75, 3.05) is 19.7 Å². The van der Waals surface area contributed by atoms with Gasteiger partial charge in [-0.2, -0.15) is 0 Å². The van der Waals surface area contributed by atoms with Crippen molar-refractivity contribution in [3.63, 3.8) is 0 Å². The van der Waals surface area contributed by atoms with Gasteiger partial charge in [-0.05, 0) is 11.1 Å². The average Bonchev–Trinajstić information content (AvgIpc) is 2.98. The zero-order valence-corrected chi connectivity index (χ0v) is 13.8. The predicted octanol–water partition coefficient (Wildman–Crippen LogP) is 1.84. The highest BCUT2D eigenvalue weighted by Gasteiger charge is 2.33. The van der Waals surface area contributed by atoms with Crippen LogP contribution >= 0.6 is 0 Å². The summed E-state index contributed by atoms with van der Waals surface area (Å²) in [6.07, 6.45) is 0.383. The first-order valence-electron chi connectivity index (χ1n) is 8.45. The summed E-state index contributed by atoms with van der Waals surface area (Å²) >= 11 is 0. The molecule has 3 rings (SSSR count). The van der Waals surface area contributed by atoms with E-state index in [2.05, 4.69) is 22.3 Å². The van der Waals surface area contributed by atoms with Crippen LogP contribution in [0.4, 0.5) is 0 Å². The Hall–Kier alpha value is -2.17. The maximum absolute atomic E-state index is 12.3. The van der Waals surface area contributed by atoms with Gasteiger partial charge in [0, 0.05) is 38.2 Å². The van der Waals surface area contributed by atoms with Crippen molar-refractivity contribution in [1.29, 1.82) is 0 Å². The van der Waals surface area contributed by atoms with Gasteiger partial charge >= 0.3 is 0 Å². The van der Waals surface area contributed by atoms with E-state index in [0.717, 1.165) is 25.2 Å². The molecule has 2 aromatic rings. The van der Waals surface area contributed by atoms with Crippen LogP contribution in [0.25, 0.3) is 0 Å². The standard InChI is InChI=1S/C20H24N2O2/c23-15-18-13-22(12-17-9-5-2-6-10-17)14-19(18)21-20(24)11-16-7-3-1-4-8-16/h1-10,18-19,23H,11-15H2,(H,21,24)/t18-,19+/m0/s1. The van der Waals surface area contributed by atoms with Gasteiger partial charge in [0.25, 0.3) is 0 Å². The minimum Gasteiger partial charge on any atom is -0.396 e. The summed E-state index contributed by atoms with van der Waals surface area (Å²) in [4.78, 5) is 14.6. The largest absolute Gasteiger partial charge is 0.396 e. The van der Waals surface area contributed by atoms with Crippen LogP contribution in [0.2, 0.25) is 0 Å². The van der Waals surface area contributed by atoms with Gasteiger partial charge in [0.15, 0.2) is 0 Å². The van der Waals surface area contributed by atoms with Crippen LogP contribution in [0.3, 0.4) is 0 Å². The molecule has 1 fully saturated rings. The number of benzene rings is 2. The molecule has 24 heavy (non-hydrogen) atoms. The molecule has 4 nitrogen and oxygen atoms in total. The van der Waals surface area contributed by atoms with E-state index in [1.807, 2.05) is 48.5 Å². The molecular formula is C20H24N2O2. The van der Waals surface area contributed by atoms with Crippen LogP contribution in [-0.4, -0.2) is 41.7 Å². The highest BCUT2D eigenvalue weighted by Crippen LogP contribution is 2.19. The SMILES string of the molecule is O=C(Cc1ccccc1)N[C@@H]1CN(Cc2ccccc2)C[C@H]1CO. The van der Waals surface area contributed by atoms with E-state index in [9.17, 15) is 9.90 Å². The van der Waals surface area contributed by atoms with Crippen LogP contribution in [0.5, 0.6) is 0 Å². The van der Waals surface area contributed by atoms with Gasteiger partial charge in [-0.1, -0.05) is 60.7 Å². The molecule has 1 aliphatic heterocycles. The molecule has 1 heterocycles. The lowest BCUT2D eigenvalue weighted by Gasteiger charge is -2.18. The first kappa shape index (κ1) is 16.7. The van der Waals surface area contributed by atoms with Crippen molar-refractivity contribution in [2.45, 2.75) is 19.0 Å². The summed E-state index contributed by atoms with van der Waals surface area (Å²) < 4.78 is 0. The maximum Gasteiger partial charge on any atom is 0.224 e. The molecule has 0 spiro atoms. The lowest BCUT2D eigenvalue weighted by atomic mass is 10.0. The van der Waals surface area contributed by atoms with Gasteiger partial charge in [0.2, 0.25) is 5.91 Å². The van der Waals surface area contributed by atoms with Crippen molar-refractivity contribution >= 4 is 5.91 Å². The Kier molecular flexibility index (Phi) is 5.62. The molecule has 2 atom stereocenters. The van der Waals surface area contributed by atoms with Crippen molar-refractivity contribution in [3.8, 4) is 0 Å². The average molecular weight is 324 g/mol. The molecule has 4 heteroatoms.